The molecule has 1 aromatic rings. The van der Waals surface area contributed by atoms with Gasteiger partial charge in [0.15, 0.2) is 0 Å². The van der Waals surface area contributed by atoms with E-state index in [1.807, 2.05) is 13.1 Å². The molecule has 1 saturated carbocycles. The Bertz CT molecular complexity index is 362. The van der Waals surface area contributed by atoms with Crippen LogP contribution >= 0.6 is 0 Å². The van der Waals surface area contributed by atoms with Crippen molar-refractivity contribution < 1.29 is 9.90 Å². The Morgan fingerprint density at radius 1 is 1.40 bits per heavy atom. The van der Waals surface area contributed by atoms with Crippen molar-refractivity contribution in [1.29, 1.82) is 0 Å². The van der Waals surface area contributed by atoms with Crippen molar-refractivity contribution in [2.24, 2.45) is 0 Å². The van der Waals surface area contributed by atoms with Crippen molar-refractivity contribution in [2.45, 2.75) is 45.1 Å². The van der Waals surface area contributed by atoms with Crippen molar-refractivity contribution in [3.8, 4) is 0 Å². The minimum absolute atomic E-state index is 0.445. The highest BCUT2D eigenvalue weighted by atomic mass is 16.4. The lowest BCUT2D eigenvalue weighted by Gasteiger charge is -2.24. The lowest BCUT2D eigenvalue weighted by molar-refractivity contribution is 0.0696. The van der Waals surface area contributed by atoms with Gasteiger partial charge in [-0.05, 0) is 25.8 Å². The fraction of sp³-hybridized carbons (Fsp3) is 0.583. The van der Waals surface area contributed by atoms with Crippen LogP contribution in [0.2, 0.25) is 0 Å². The molecule has 0 amide bonds. The standard InChI is InChI=1S/C12H17NO2/c1-9-11(12(14)15)7-8-13(9)10-5-3-2-4-6-10/h7-8,10H,2-6H2,1H3,(H,14,15). The van der Waals surface area contributed by atoms with Crippen molar-refractivity contribution in [3.05, 3.63) is 23.5 Å². The molecule has 1 aromatic heterocycles. The van der Waals surface area contributed by atoms with Gasteiger partial charge in [-0.25, -0.2) is 4.79 Å². The first-order valence-corrected chi connectivity index (χ1v) is 5.61. The van der Waals surface area contributed by atoms with Crippen molar-refractivity contribution in [3.63, 3.8) is 0 Å². The van der Waals surface area contributed by atoms with E-state index in [9.17, 15) is 4.79 Å². The molecule has 1 fully saturated rings. The highest BCUT2D eigenvalue weighted by Gasteiger charge is 2.19. The second-order valence-corrected chi connectivity index (χ2v) is 4.32. The van der Waals surface area contributed by atoms with Crippen LogP contribution in [0, 0.1) is 6.92 Å². The average Bonchev–Trinajstić information content (AvgIpc) is 2.61. The van der Waals surface area contributed by atoms with E-state index in [0.717, 1.165) is 5.69 Å². The molecular formula is C12H17NO2. The lowest BCUT2D eigenvalue weighted by Crippen LogP contribution is -2.13. The highest BCUT2D eigenvalue weighted by molar-refractivity contribution is 5.88. The van der Waals surface area contributed by atoms with Crippen LogP contribution in [0.25, 0.3) is 0 Å². The predicted molar refractivity (Wildman–Crippen MR) is 58.3 cm³/mol. The quantitative estimate of drug-likeness (QED) is 0.810. The zero-order valence-corrected chi connectivity index (χ0v) is 9.07. The minimum atomic E-state index is -0.818. The van der Waals surface area contributed by atoms with Crippen molar-refractivity contribution >= 4 is 5.97 Å². The molecule has 1 heterocycles. The molecule has 0 radical (unpaired) electrons. The van der Waals surface area contributed by atoms with Crippen LogP contribution in [0.4, 0.5) is 0 Å². The molecule has 2 rings (SSSR count). The Kier molecular flexibility index (Phi) is 2.80. The molecule has 1 aliphatic rings. The van der Waals surface area contributed by atoms with E-state index in [4.69, 9.17) is 5.11 Å². The maximum absolute atomic E-state index is 10.9. The summed E-state index contributed by atoms with van der Waals surface area (Å²) >= 11 is 0. The molecule has 0 aromatic carbocycles. The molecule has 1 aliphatic carbocycles. The Hall–Kier alpha value is -1.25. The molecule has 15 heavy (non-hydrogen) atoms. The summed E-state index contributed by atoms with van der Waals surface area (Å²) in [6, 6.07) is 2.23. The summed E-state index contributed by atoms with van der Waals surface area (Å²) < 4.78 is 2.14. The molecule has 1 N–H and O–H groups in total. The SMILES string of the molecule is Cc1c(C(=O)O)ccn1C1CCCCC1. The number of nitrogens with zero attached hydrogens (tertiary/aromatic N) is 1. The number of carbonyl (C=O) groups is 1. The second-order valence-electron chi connectivity index (χ2n) is 4.32. The van der Waals surface area contributed by atoms with E-state index in [2.05, 4.69) is 4.57 Å². The number of hydrogen-bond donors (Lipinski definition) is 1. The topological polar surface area (TPSA) is 42.2 Å². The maximum Gasteiger partial charge on any atom is 0.337 e. The molecule has 0 saturated heterocycles. The van der Waals surface area contributed by atoms with Crippen LogP contribution < -0.4 is 0 Å². The van der Waals surface area contributed by atoms with Crippen molar-refractivity contribution in [2.75, 3.05) is 0 Å². The summed E-state index contributed by atoms with van der Waals surface area (Å²) in [7, 11) is 0. The van der Waals surface area contributed by atoms with E-state index in [0.29, 0.717) is 11.6 Å². The van der Waals surface area contributed by atoms with Gasteiger partial charge in [-0.1, -0.05) is 19.3 Å². The normalized spacial score (nSPS) is 17.9. The monoisotopic (exact) mass is 207 g/mol. The number of aromatic carboxylic acids is 1. The van der Waals surface area contributed by atoms with E-state index in [-0.39, 0.29) is 0 Å². The van der Waals surface area contributed by atoms with Gasteiger partial charge in [0.1, 0.15) is 0 Å². The molecule has 0 unspecified atom stereocenters. The number of carboxylic acids is 1. The summed E-state index contributed by atoms with van der Waals surface area (Å²) in [4.78, 5) is 10.9. The fourth-order valence-electron chi connectivity index (χ4n) is 2.51. The first-order chi connectivity index (χ1) is 7.20. The third kappa shape index (κ3) is 1.91. The highest BCUT2D eigenvalue weighted by Crippen LogP contribution is 2.30. The Morgan fingerprint density at radius 3 is 2.60 bits per heavy atom. The molecule has 0 spiro atoms. The van der Waals surface area contributed by atoms with Gasteiger partial charge in [-0.15, -0.1) is 0 Å². The van der Waals surface area contributed by atoms with Crippen LogP contribution in [0.15, 0.2) is 12.3 Å². The van der Waals surface area contributed by atoms with Crippen LogP contribution in [0.1, 0.15) is 54.2 Å². The van der Waals surface area contributed by atoms with Gasteiger partial charge in [0.25, 0.3) is 0 Å². The van der Waals surface area contributed by atoms with Gasteiger partial charge in [-0.2, -0.15) is 0 Å². The lowest BCUT2D eigenvalue weighted by atomic mass is 9.95. The predicted octanol–water partition coefficient (Wildman–Crippen LogP) is 3.00. The summed E-state index contributed by atoms with van der Waals surface area (Å²) in [5, 5.41) is 8.96. The van der Waals surface area contributed by atoms with Crippen LogP contribution in [0.3, 0.4) is 0 Å². The summed E-state index contributed by atoms with van der Waals surface area (Å²) in [6.07, 6.45) is 8.16. The van der Waals surface area contributed by atoms with Gasteiger partial charge < -0.3 is 9.67 Å². The first-order valence-electron chi connectivity index (χ1n) is 5.61. The molecule has 3 heteroatoms. The minimum Gasteiger partial charge on any atom is -0.478 e. The summed E-state index contributed by atoms with van der Waals surface area (Å²) in [5.41, 5.74) is 1.34. The van der Waals surface area contributed by atoms with Gasteiger partial charge >= 0.3 is 5.97 Å². The molecular weight excluding hydrogens is 190 g/mol. The number of hydrogen-bond acceptors (Lipinski definition) is 1. The van der Waals surface area contributed by atoms with E-state index in [1.165, 1.54) is 32.1 Å². The Balaban J connectivity index is 2.24. The zero-order chi connectivity index (χ0) is 10.8. The van der Waals surface area contributed by atoms with Gasteiger partial charge in [-0.3, -0.25) is 0 Å². The van der Waals surface area contributed by atoms with Gasteiger partial charge in [0.2, 0.25) is 0 Å². The number of carboxylic acid groups (broad SMARTS) is 1. The Labute approximate surface area is 89.7 Å². The average molecular weight is 207 g/mol. The fourth-order valence-corrected chi connectivity index (χ4v) is 2.51. The van der Waals surface area contributed by atoms with Gasteiger partial charge in [0, 0.05) is 17.9 Å². The van der Waals surface area contributed by atoms with E-state index < -0.39 is 5.97 Å². The third-order valence-electron chi connectivity index (χ3n) is 3.38. The van der Waals surface area contributed by atoms with E-state index in [1.54, 1.807) is 6.07 Å². The molecule has 0 aliphatic heterocycles. The second kappa shape index (κ2) is 4.09. The smallest absolute Gasteiger partial charge is 0.337 e. The van der Waals surface area contributed by atoms with E-state index >= 15 is 0 Å². The van der Waals surface area contributed by atoms with Crippen LogP contribution in [-0.4, -0.2) is 15.6 Å². The Morgan fingerprint density at radius 2 is 2.07 bits per heavy atom. The molecule has 0 bridgehead atoms. The van der Waals surface area contributed by atoms with Crippen LogP contribution in [-0.2, 0) is 0 Å². The molecule has 3 nitrogen and oxygen atoms in total. The maximum atomic E-state index is 10.9. The number of aromatic nitrogens is 1. The largest absolute Gasteiger partial charge is 0.478 e. The van der Waals surface area contributed by atoms with Crippen LogP contribution in [0.5, 0.6) is 0 Å². The van der Waals surface area contributed by atoms with Crippen molar-refractivity contribution in [1.82, 2.24) is 4.57 Å². The summed E-state index contributed by atoms with van der Waals surface area (Å²) in [5.74, 6) is -0.818. The first kappa shape index (κ1) is 10.3. The summed E-state index contributed by atoms with van der Waals surface area (Å²) in [6.45, 7) is 1.90. The zero-order valence-electron chi connectivity index (χ0n) is 9.07. The van der Waals surface area contributed by atoms with Gasteiger partial charge in [0.05, 0.1) is 5.56 Å². The number of rotatable bonds is 2. The third-order valence-corrected chi connectivity index (χ3v) is 3.38. The molecule has 0 atom stereocenters. The molecule has 82 valence electrons.